The number of anilines is 1. The summed E-state index contributed by atoms with van der Waals surface area (Å²) in [7, 11) is 1.47. The van der Waals surface area contributed by atoms with Crippen LogP contribution < -0.4 is 15.0 Å². The summed E-state index contributed by atoms with van der Waals surface area (Å²) >= 11 is 0. The molecule has 14 nitrogen and oxygen atoms in total. The van der Waals surface area contributed by atoms with Gasteiger partial charge in [-0.3, -0.25) is 24.3 Å². The van der Waals surface area contributed by atoms with Gasteiger partial charge in [0.25, 0.3) is 0 Å². The molecular weight excluding hydrogens is 877 g/mol. The molecule has 4 aliphatic rings. The lowest BCUT2D eigenvalue weighted by atomic mass is 9.65. The van der Waals surface area contributed by atoms with Crippen molar-refractivity contribution >= 4 is 29.6 Å². The van der Waals surface area contributed by atoms with Crippen molar-refractivity contribution in [3.8, 4) is 17.6 Å². The van der Waals surface area contributed by atoms with Gasteiger partial charge in [-0.15, -0.1) is 0 Å². The predicted octanol–water partition coefficient (Wildman–Crippen LogP) is 6.70. The lowest BCUT2D eigenvalue weighted by molar-refractivity contribution is -0.178. The standard InChI is InChI=1S/C55H56N4O10/c1-66-34-35-68-53(64)58-44-24-19-37(25-29-54(65)27-11-2-3-12-28-54)36-43(44)55(52(58)63)45(50(61)57-31-26-41-18-10-13-30-56-41)47-51(62)69-48(39-16-8-5-9-17-39)46(38-14-6-4-7-15-38)59(47)49(55)40-20-22-42(23-21-40)67-33-32-60/h4-10,13-24,30,36,45-49,60,65H,2-3,11-12,26-28,31-35H2,1H3,(H,57,61)/t45-,46-,47-,48+,49+,55-/m0/s1. The van der Waals surface area contributed by atoms with E-state index in [1.165, 1.54) is 7.11 Å². The van der Waals surface area contributed by atoms with Crippen LogP contribution in [-0.4, -0.2) is 95.7 Å². The van der Waals surface area contributed by atoms with E-state index in [1.807, 2.05) is 77.7 Å². The number of hydrogen-bond donors (Lipinski definition) is 3. The first kappa shape index (κ1) is 47.2. The Hall–Kier alpha value is -6.89. The molecule has 69 heavy (non-hydrogen) atoms. The van der Waals surface area contributed by atoms with Gasteiger partial charge in [-0.05, 0) is 90.4 Å². The molecule has 3 aliphatic heterocycles. The third-order valence-electron chi connectivity index (χ3n) is 13.8. The largest absolute Gasteiger partial charge is 0.491 e. The summed E-state index contributed by atoms with van der Waals surface area (Å²) in [5.74, 6) is 3.16. The lowest BCUT2D eigenvalue weighted by Gasteiger charge is -2.46. The number of methoxy groups -OCH3 is 1. The zero-order chi connectivity index (χ0) is 48.0. The molecule has 9 rings (SSSR count). The number of nitrogens with one attached hydrogen (secondary N) is 1. The number of aliphatic hydroxyl groups is 2. The molecule has 2 saturated heterocycles. The second-order valence-electron chi connectivity index (χ2n) is 17.9. The van der Waals surface area contributed by atoms with E-state index < -0.39 is 65.0 Å². The van der Waals surface area contributed by atoms with E-state index in [9.17, 15) is 15.0 Å². The summed E-state index contributed by atoms with van der Waals surface area (Å²) in [6.45, 7) is -0.192. The maximum absolute atomic E-state index is 16.4. The Morgan fingerprint density at radius 2 is 1.54 bits per heavy atom. The summed E-state index contributed by atoms with van der Waals surface area (Å²) < 4.78 is 23.3. The molecule has 4 heterocycles. The number of aliphatic hydroxyl groups excluding tert-OH is 1. The molecular formula is C55H56N4O10. The third kappa shape index (κ3) is 9.23. The van der Waals surface area contributed by atoms with Crippen LogP contribution in [0.25, 0.3) is 0 Å². The van der Waals surface area contributed by atoms with Gasteiger partial charge < -0.3 is 34.5 Å². The molecule has 5 aromatic rings. The quantitative estimate of drug-likeness (QED) is 0.0494. The Morgan fingerprint density at radius 3 is 2.22 bits per heavy atom. The number of fused-ring (bicyclic) bond motifs is 3. The number of amides is 3. The van der Waals surface area contributed by atoms with Crippen LogP contribution in [0.4, 0.5) is 10.5 Å². The average molecular weight is 933 g/mol. The highest BCUT2D eigenvalue weighted by molar-refractivity contribution is 6.23. The number of cyclic esters (lactones) is 1. The number of ether oxygens (including phenoxy) is 4. The first-order valence-electron chi connectivity index (χ1n) is 23.7. The predicted molar refractivity (Wildman–Crippen MR) is 255 cm³/mol. The fourth-order valence-corrected chi connectivity index (χ4v) is 10.7. The summed E-state index contributed by atoms with van der Waals surface area (Å²) in [4.78, 5) is 69.4. The number of benzene rings is 4. The van der Waals surface area contributed by atoms with Crippen LogP contribution in [-0.2, 0) is 40.4 Å². The smallest absolute Gasteiger partial charge is 0.421 e. The number of pyridine rings is 1. The molecule has 14 heteroatoms. The first-order valence-corrected chi connectivity index (χ1v) is 23.7. The molecule has 356 valence electrons. The van der Waals surface area contributed by atoms with Gasteiger partial charge in [-0.25, -0.2) is 9.69 Å². The fraction of sp³-hybridized carbons (Fsp3) is 0.364. The minimum atomic E-state index is -2.04. The molecule has 0 unspecified atom stereocenters. The molecule has 6 atom stereocenters. The van der Waals surface area contributed by atoms with E-state index in [4.69, 9.17) is 18.9 Å². The zero-order valence-electron chi connectivity index (χ0n) is 38.5. The zero-order valence-corrected chi connectivity index (χ0v) is 38.5. The van der Waals surface area contributed by atoms with Crippen LogP contribution in [0.3, 0.4) is 0 Å². The Labute approximate surface area is 401 Å². The number of nitrogens with zero attached hydrogens (tertiary/aromatic N) is 3. The van der Waals surface area contributed by atoms with Gasteiger partial charge in [0.1, 0.15) is 42.1 Å². The number of imide groups is 1. The first-order chi connectivity index (χ1) is 33.7. The minimum Gasteiger partial charge on any atom is -0.491 e. The van der Waals surface area contributed by atoms with Crippen LogP contribution in [0.2, 0.25) is 0 Å². The van der Waals surface area contributed by atoms with E-state index in [2.05, 4.69) is 22.1 Å². The number of aromatic nitrogens is 1. The topological polar surface area (TPSA) is 177 Å². The highest BCUT2D eigenvalue weighted by atomic mass is 16.6. The molecule has 1 aromatic heterocycles. The lowest BCUT2D eigenvalue weighted by Crippen LogP contribution is -2.56. The number of hydrogen-bond acceptors (Lipinski definition) is 12. The van der Waals surface area contributed by atoms with Crippen molar-refractivity contribution in [1.29, 1.82) is 0 Å². The summed E-state index contributed by atoms with van der Waals surface area (Å²) in [5.41, 5.74) is 0.284. The van der Waals surface area contributed by atoms with Gasteiger partial charge in [0.2, 0.25) is 11.8 Å². The van der Waals surface area contributed by atoms with Crippen molar-refractivity contribution in [2.24, 2.45) is 5.92 Å². The van der Waals surface area contributed by atoms with E-state index in [1.54, 1.807) is 54.7 Å². The number of rotatable bonds is 13. The van der Waals surface area contributed by atoms with Gasteiger partial charge in [0.05, 0.1) is 36.9 Å². The highest BCUT2D eigenvalue weighted by Crippen LogP contribution is 2.66. The van der Waals surface area contributed by atoms with Crippen molar-refractivity contribution in [2.45, 2.75) is 80.2 Å². The Morgan fingerprint density at radius 1 is 0.826 bits per heavy atom. The molecule has 3 N–H and O–H groups in total. The second-order valence-corrected chi connectivity index (χ2v) is 17.9. The normalized spacial score (nSPS) is 23.8. The molecule has 1 saturated carbocycles. The van der Waals surface area contributed by atoms with Crippen LogP contribution in [0.1, 0.15) is 90.2 Å². The summed E-state index contributed by atoms with van der Waals surface area (Å²) in [6.07, 6.45) is 4.79. The molecule has 3 amide bonds. The van der Waals surface area contributed by atoms with Gasteiger partial charge >= 0.3 is 12.1 Å². The highest BCUT2D eigenvalue weighted by Gasteiger charge is 2.75. The van der Waals surface area contributed by atoms with Crippen molar-refractivity contribution in [2.75, 3.05) is 45.0 Å². The molecule has 0 bridgehead atoms. The SMILES string of the molecule is COCCOC(=O)N1C(=O)[C@@]2(c3cc(C#CC4(O)CCCCCC4)ccc31)[C@H](C(=O)NCCc1ccccn1)[C@H]1C(=O)O[C@H](c3ccccc3)[C@H](c3ccccc3)N1[C@@H]2c1ccc(OCCO)cc1. The summed E-state index contributed by atoms with van der Waals surface area (Å²) in [5, 5.41) is 24.4. The molecule has 0 radical (unpaired) electrons. The number of carbonyl (C=O) groups excluding carboxylic acids is 4. The van der Waals surface area contributed by atoms with Crippen molar-refractivity contribution in [3.05, 3.63) is 161 Å². The molecule has 1 spiro atoms. The van der Waals surface area contributed by atoms with Crippen LogP contribution in [0.5, 0.6) is 5.75 Å². The van der Waals surface area contributed by atoms with Crippen molar-refractivity contribution < 1.29 is 48.3 Å². The Balaban J connectivity index is 1.31. The molecule has 4 aromatic carbocycles. The van der Waals surface area contributed by atoms with E-state index >= 15 is 14.4 Å². The van der Waals surface area contributed by atoms with Gasteiger partial charge in [-0.2, -0.15) is 0 Å². The van der Waals surface area contributed by atoms with Crippen molar-refractivity contribution in [3.63, 3.8) is 0 Å². The van der Waals surface area contributed by atoms with E-state index in [-0.39, 0.29) is 44.2 Å². The monoisotopic (exact) mass is 932 g/mol. The van der Waals surface area contributed by atoms with E-state index in [0.29, 0.717) is 41.7 Å². The Bertz CT molecular complexity index is 2690. The fourth-order valence-electron chi connectivity index (χ4n) is 10.7. The van der Waals surface area contributed by atoms with Gasteiger partial charge in [0, 0.05) is 37.5 Å². The van der Waals surface area contributed by atoms with Crippen LogP contribution in [0, 0.1) is 17.8 Å². The molecule has 1 aliphatic carbocycles. The average Bonchev–Trinajstić information content (AvgIpc) is 3.71. The maximum atomic E-state index is 16.4. The summed E-state index contributed by atoms with van der Waals surface area (Å²) in [6, 6.07) is 33.1. The number of morpholine rings is 1. The second kappa shape index (κ2) is 20.8. The van der Waals surface area contributed by atoms with E-state index in [0.717, 1.165) is 41.8 Å². The third-order valence-corrected chi connectivity index (χ3v) is 13.8. The van der Waals surface area contributed by atoms with Gasteiger partial charge in [-0.1, -0.05) is 104 Å². The van der Waals surface area contributed by atoms with Crippen LogP contribution >= 0.6 is 0 Å². The number of esters is 1. The van der Waals surface area contributed by atoms with Crippen LogP contribution in [0.15, 0.2) is 128 Å². The maximum Gasteiger partial charge on any atom is 0.421 e. The molecule has 3 fully saturated rings. The minimum absolute atomic E-state index is 0.0350. The van der Waals surface area contributed by atoms with Crippen molar-refractivity contribution in [1.82, 2.24) is 15.2 Å². The number of carbonyl (C=O) groups is 4. The Kier molecular flexibility index (Phi) is 14.2. The van der Waals surface area contributed by atoms with Gasteiger partial charge in [0.15, 0.2) is 0 Å².